The molecule has 0 aliphatic carbocycles. The van der Waals surface area contributed by atoms with Crippen LogP contribution in [0.15, 0.2) is 6.07 Å². The molecule has 0 saturated carbocycles. The molecule has 0 aliphatic heterocycles. The minimum absolute atomic E-state index is 0.141. The van der Waals surface area contributed by atoms with Gasteiger partial charge < -0.3 is 9.64 Å². The smallest absolute Gasteiger partial charge is 0.325 e. The lowest BCUT2D eigenvalue weighted by Gasteiger charge is -2.24. The van der Waals surface area contributed by atoms with Gasteiger partial charge in [0.2, 0.25) is 0 Å². The predicted molar refractivity (Wildman–Crippen MR) is 72.9 cm³/mol. The molecule has 5 heteroatoms. The van der Waals surface area contributed by atoms with Crippen molar-refractivity contribution in [2.45, 2.75) is 27.2 Å². The topological polar surface area (TPSA) is 66.2 Å². The molecule has 0 saturated heterocycles. The molecule has 0 bridgehead atoms. The summed E-state index contributed by atoms with van der Waals surface area (Å²) >= 11 is 0. The summed E-state index contributed by atoms with van der Waals surface area (Å²) in [5, 5.41) is 9.27. The Kier molecular flexibility index (Phi) is 5.31. The van der Waals surface area contributed by atoms with Crippen LogP contribution in [0.2, 0.25) is 0 Å². The van der Waals surface area contributed by atoms with E-state index in [1.165, 1.54) is 7.11 Å². The van der Waals surface area contributed by atoms with E-state index in [1.807, 2.05) is 24.8 Å². The maximum atomic E-state index is 11.5. The molecule has 0 aromatic carbocycles. The molecule has 102 valence electrons. The van der Waals surface area contributed by atoms with E-state index in [-0.39, 0.29) is 12.5 Å². The van der Waals surface area contributed by atoms with Gasteiger partial charge in [0.1, 0.15) is 12.6 Å². The maximum Gasteiger partial charge on any atom is 0.325 e. The molecule has 0 fully saturated rings. The normalized spacial score (nSPS) is 9.84. The second-order valence-electron chi connectivity index (χ2n) is 4.35. The molecule has 0 spiro atoms. The lowest BCUT2D eigenvalue weighted by atomic mass is 10.1. The number of nitrogens with zero attached hydrogens (tertiary/aromatic N) is 3. The number of aryl methyl sites for hydroxylation is 2. The second kappa shape index (κ2) is 6.74. The standard InChI is InChI=1S/C14H19N3O2/c1-5-6-17(9-14(18)19-4)13-7-10(2)16-11(3)12(13)8-15/h7H,5-6,9H2,1-4H3. The fourth-order valence-electron chi connectivity index (χ4n) is 1.97. The zero-order valence-corrected chi connectivity index (χ0v) is 11.9. The van der Waals surface area contributed by atoms with Gasteiger partial charge in [0.05, 0.1) is 24.1 Å². The first-order valence-electron chi connectivity index (χ1n) is 6.23. The summed E-state index contributed by atoms with van der Waals surface area (Å²) in [6, 6.07) is 4.00. The van der Waals surface area contributed by atoms with Crippen molar-refractivity contribution in [1.29, 1.82) is 5.26 Å². The number of nitriles is 1. The number of methoxy groups -OCH3 is 1. The number of esters is 1. The second-order valence-corrected chi connectivity index (χ2v) is 4.35. The molecule has 1 heterocycles. The van der Waals surface area contributed by atoms with Crippen LogP contribution in [0.3, 0.4) is 0 Å². The van der Waals surface area contributed by atoms with Gasteiger partial charge in [0, 0.05) is 12.2 Å². The monoisotopic (exact) mass is 261 g/mol. The molecular weight excluding hydrogens is 242 g/mol. The number of rotatable bonds is 5. The summed E-state index contributed by atoms with van der Waals surface area (Å²) in [5.74, 6) is -0.315. The van der Waals surface area contributed by atoms with Crippen LogP contribution in [0.1, 0.15) is 30.3 Å². The molecule has 5 nitrogen and oxygen atoms in total. The van der Waals surface area contributed by atoms with Gasteiger partial charge in [0.15, 0.2) is 0 Å². The average Bonchev–Trinajstić information content (AvgIpc) is 2.37. The Bertz CT molecular complexity index is 506. The highest BCUT2D eigenvalue weighted by molar-refractivity contribution is 5.77. The third-order valence-electron chi connectivity index (χ3n) is 2.80. The minimum Gasteiger partial charge on any atom is -0.468 e. The summed E-state index contributed by atoms with van der Waals surface area (Å²) in [5.41, 5.74) is 2.78. The van der Waals surface area contributed by atoms with E-state index in [0.29, 0.717) is 17.8 Å². The highest BCUT2D eigenvalue weighted by Gasteiger charge is 2.17. The maximum absolute atomic E-state index is 11.5. The number of pyridine rings is 1. The predicted octanol–water partition coefficient (Wildman–Crippen LogP) is 1.96. The van der Waals surface area contributed by atoms with Crippen molar-refractivity contribution < 1.29 is 9.53 Å². The van der Waals surface area contributed by atoms with Gasteiger partial charge in [0.25, 0.3) is 0 Å². The molecule has 0 N–H and O–H groups in total. The van der Waals surface area contributed by atoms with Crippen molar-refractivity contribution in [3.63, 3.8) is 0 Å². The fraction of sp³-hybridized carbons (Fsp3) is 0.500. The fourth-order valence-corrected chi connectivity index (χ4v) is 1.97. The molecule has 1 aromatic rings. The van der Waals surface area contributed by atoms with Crippen LogP contribution in [-0.4, -0.2) is 31.2 Å². The van der Waals surface area contributed by atoms with Gasteiger partial charge in [-0.05, 0) is 26.3 Å². The van der Waals surface area contributed by atoms with Gasteiger partial charge in [-0.3, -0.25) is 9.78 Å². The van der Waals surface area contributed by atoms with Gasteiger partial charge in [-0.1, -0.05) is 6.92 Å². The molecule has 1 aromatic heterocycles. The Hall–Kier alpha value is -2.09. The van der Waals surface area contributed by atoms with E-state index < -0.39 is 0 Å². The van der Waals surface area contributed by atoms with Crippen molar-refractivity contribution in [1.82, 2.24) is 4.98 Å². The van der Waals surface area contributed by atoms with Crippen LogP contribution in [0, 0.1) is 25.2 Å². The highest BCUT2D eigenvalue weighted by Crippen LogP contribution is 2.23. The first kappa shape index (κ1) is 15.0. The molecule has 0 unspecified atom stereocenters. The van der Waals surface area contributed by atoms with Crippen LogP contribution in [-0.2, 0) is 9.53 Å². The van der Waals surface area contributed by atoms with Gasteiger partial charge in [-0.25, -0.2) is 0 Å². The van der Waals surface area contributed by atoms with Crippen LogP contribution in [0.4, 0.5) is 5.69 Å². The zero-order chi connectivity index (χ0) is 14.4. The molecule has 0 atom stereocenters. The molecule has 0 radical (unpaired) electrons. The van der Waals surface area contributed by atoms with Crippen LogP contribution >= 0.6 is 0 Å². The number of carbonyl (C=O) groups is 1. The first-order valence-corrected chi connectivity index (χ1v) is 6.23. The van der Waals surface area contributed by atoms with E-state index in [4.69, 9.17) is 4.74 Å². The molecule has 1 rings (SSSR count). The lowest BCUT2D eigenvalue weighted by molar-refractivity contribution is -0.138. The summed E-state index contributed by atoms with van der Waals surface area (Å²) in [7, 11) is 1.36. The highest BCUT2D eigenvalue weighted by atomic mass is 16.5. The van der Waals surface area contributed by atoms with E-state index in [9.17, 15) is 10.1 Å². The van der Waals surface area contributed by atoms with Crippen molar-refractivity contribution in [2.75, 3.05) is 25.1 Å². The van der Waals surface area contributed by atoms with E-state index in [1.54, 1.807) is 6.92 Å². The summed E-state index contributed by atoms with van der Waals surface area (Å²) in [6.07, 6.45) is 0.877. The average molecular weight is 261 g/mol. The van der Waals surface area contributed by atoms with Gasteiger partial charge >= 0.3 is 5.97 Å². The van der Waals surface area contributed by atoms with Gasteiger partial charge in [-0.2, -0.15) is 5.26 Å². The van der Waals surface area contributed by atoms with Gasteiger partial charge in [-0.15, -0.1) is 0 Å². The number of hydrogen-bond acceptors (Lipinski definition) is 5. The van der Waals surface area contributed by atoms with Crippen LogP contribution in [0.5, 0.6) is 0 Å². The SMILES string of the molecule is CCCN(CC(=O)OC)c1cc(C)nc(C)c1C#N. The largest absolute Gasteiger partial charge is 0.468 e. The van der Waals surface area contributed by atoms with E-state index >= 15 is 0 Å². The Morgan fingerprint density at radius 1 is 1.53 bits per heavy atom. The van der Waals surface area contributed by atoms with Crippen molar-refractivity contribution in [3.8, 4) is 6.07 Å². The molecule has 0 amide bonds. The Labute approximate surface area is 113 Å². The van der Waals surface area contributed by atoms with Crippen molar-refractivity contribution in [3.05, 3.63) is 23.0 Å². The van der Waals surface area contributed by atoms with E-state index in [2.05, 4.69) is 11.1 Å². The molecule has 0 aliphatic rings. The van der Waals surface area contributed by atoms with Crippen molar-refractivity contribution in [2.24, 2.45) is 0 Å². The Morgan fingerprint density at radius 2 is 2.21 bits per heavy atom. The molecule has 19 heavy (non-hydrogen) atoms. The number of hydrogen-bond donors (Lipinski definition) is 0. The third-order valence-corrected chi connectivity index (χ3v) is 2.80. The Morgan fingerprint density at radius 3 is 2.74 bits per heavy atom. The summed E-state index contributed by atoms with van der Waals surface area (Å²) in [6.45, 7) is 6.53. The first-order chi connectivity index (χ1) is 9.03. The van der Waals surface area contributed by atoms with E-state index in [0.717, 1.165) is 17.8 Å². The van der Waals surface area contributed by atoms with Crippen molar-refractivity contribution >= 4 is 11.7 Å². The lowest BCUT2D eigenvalue weighted by Crippen LogP contribution is -2.32. The zero-order valence-electron chi connectivity index (χ0n) is 11.9. The van der Waals surface area contributed by atoms with Crippen LogP contribution < -0.4 is 4.90 Å². The summed E-state index contributed by atoms with van der Waals surface area (Å²) in [4.78, 5) is 17.6. The molecular formula is C14H19N3O2. The number of aromatic nitrogens is 1. The summed E-state index contributed by atoms with van der Waals surface area (Å²) < 4.78 is 4.70. The number of ether oxygens (including phenoxy) is 1. The Balaban J connectivity index is 3.21. The number of anilines is 1. The number of carbonyl (C=O) groups excluding carboxylic acids is 1. The minimum atomic E-state index is -0.315. The quantitative estimate of drug-likeness (QED) is 0.758. The van der Waals surface area contributed by atoms with Crippen LogP contribution in [0.25, 0.3) is 0 Å². The third kappa shape index (κ3) is 3.68.